The van der Waals surface area contributed by atoms with Gasteiger partial charge in [0.05, 0.1) is 17.5 Å². The lowest BCUT2D eigenvalue weighted by atomic mass is 10.1. The van der Waals surface area contributed by atoms with E-state index in [1.807, 2.05) is 0 Å². The second-order valence-electron chi connectivity index (χ2n) is 6.04. The molecule has 0 saturated carbocycles. The molecule has 0 aliphatic rings. The predicted molar refractivity (Wildman–Crippen MR) is 102 cm³/mol. The Kier molecular flexibility index (Phi) is 6.95. The van der Waals surface area contributed by atoms with E-state index in [9.17, 15) is 26.4 Å². The van der Waals surface area contributed by atoms with Crippen LogP contribution in [0, 0.1) is 0 Å². The van der Waals surface area contributed by atoms with Gasteiger partial charge in [-0.25, -0.2) is 8.42 Å². The lowest BCUT2D eigenvalue weighted by Crippen LogP contribution is -2.41. The molecule has 0 spiro atoms. The second kappa shape index (κ2) is 8.83. The fourth-order valence-electron chi connectivity index (χ4n) is 2.42. The number of sulfonamides is 1. The Balaban J connectivity index is 2.06. The van der Waals surface area contributed by atoms with Gasteiger partial charge < -0.3 is 5.32 Å². The van der Waals surface area contributed by atoms with Gasteiger partial charge in [-0.05, 0) is 42.3 Å². The van der Waals surface area contributed by atoms with E-state index in [0.29, 0.717) is 21.8 Å². The number of nitrogens with one attached hydrogen (secondary N) is 1. The Bertz CT molecular complexity index is 932. The minimum atomic E-state index is -4.62. The van der Waals surface area contributed by atoms with Crippen LogP contribution in [0.3, 0.4) is 0 Å². The average Bonchev–Trinajstić information content (AvgIpc) is 2.60. The normalized spacial score (nSPS) is 11.9. The first-order chi connectivity index (χ1) is 13.0. The summed E-state index contributed by atoms with van der Waals surface area (Å²) in [6.07, 6.45) is -3.31. The summed E-state index contributed by atoms with van der Waals surface area (Å²) in [4.78, 5) is 12.1. The third-order valence-corrected chi connectivity index (χ3v) is 5.19. The number of hydrogen-bond acceptors (Lipinski definition) is 3. The summed E-state index contributed by atoms with van der Waals surface area (Å²) in [6.45, 7) is -0.387. The minimum Gasteiger partial charge on any atom is -0.354 e. The van der Waals surface area contributed by atoms with Crippen molar-refractivity contribution in [2.45, 2.75) is 12.6 Å². The molecule has 0 heterocycles. The van der Waals surface area contributed by atoms with Crippen LogP contribution in [-0.2, 0) is 27.4 Å². The van der Waals surface area contributed by atoms with Crippen molar-refractivity contribution in [3.63, 3.8) is 0 Å². The summed E-state index contributed by atoms with van der Waals surface area (Å²) >= 11 is 5.79. The summed E-state index contributed by atoms with van der Waals surface area (Å²) in [5.41, 5.74) is -0.311. The van der Waals surface area contributed by atoms with Crippen molar-refractivity contribution in [1.82, 2.24) is 5.32 Å². The fourth-order valence-corrected chi connectivity index (χ4v) is 3.40. The highest BCUT2D eigenvalue weighted by atomic mass is 35.5. The lowest BCUT2D eigenvalue weighted by molar-refractivity contribution is -0.137. The van der Waals surface area contributed by atoms with Gasteiger partial charge in [0.25, 0.3) is 0 Å². The molecule has 2 rings (SSSR count). The van der Waals surface area contributed by atoms with Gasteiger partial charge in [-0.2, -0.15) is 13.2 Å². The highest BCUT2D eigenvalue weighted by Gasteiger charge is 2.31. The minimum absolute atomic E-state index is 0.231. The largest absolute Gasteiger partial charge is 0.416 e. The number of amides is 1. The highest BCUT2D eigenvalue weighted by Crippen LogP contribution is 2.32. The molecule has 2 aromatic carbocycles. The van der Waals surface area contributed by atoms with Crippen molar-refractivity contribution >= 4 is 33.2 Å². The van der Waals surface area contributed by atoms with E-state index < -0.39 is 34.2 Å². The summed E-state index contributed by atoms with van der Waals surface area (Å²) < 4.78 is 63.3. The number of nitrogens with zero attached hydrogens (tertiary/aromatic N) is 1. The Hall–Kier alpha value is -2.26. The molecule has 0 saturated heterocycles. The summed E-state index contributed by atoms with van der Waals surface area (Å²) in [7, 11) is -3.97. The van der Waals surface area contributed by atoms with E-state index in [1.54, 1.807) is 24.3 Å². The number of carbonyl (C=O) groups excluding carboxylic acids is 1. The molecule has 1 amide bonds. The zero-order valence-electron chi connectivity index (χ0n) is 14.8. The van der Waals surface area contributed by atoms with Gasteiger partial charge in [-0.3, -0.25) is 9.10 Å². The third kappa shape index (κ3) is 6.42. The quantitative estimate of drug-likeness (QED) is 0.725. The van der Waals surface area contributed by atoms with Crippen molar-refractivity contribution in [2.75, 3.05) is 23.7 Å². The van der Waals surface area contributed by atoms with Crippen LogP contribution in [0.15, 0.2) is 48.5 Å². The molecule has 0 fully saturated rings. The standard InChI is InChI=1S/C18H18ClF3N2O3S/c1-28(26,27)24(16-4-2-3-14(11-16)18(20,21)22)12-17(25)23-10-9-13-5-7-15(19)8-6-13/h2-8,11H,9-10,12H2,1H3,(H,23,25). The zero-order valence-corrected chi connectivity index (χ0v) is 16.4. The van der Waals surface area contributed by atoms with Gasteiger partial charge in [-0.1, -0.05) is 29.8 Å². The molecule has 28 heavy (non-hydrogen) atoms. The molecular formula is C18H18ClF3N2O3S. The van der Waals surface area contributed by atoms with Gasteiger partial charge >= 0.3 is 6.18 Å². The average molecular weight is 435 g/mol. The van der Waals surface area contributed by atoms with Crippen molar-refractivity contribution in [1.29, 1.82) is 0 Å². The van der Waals surface area contributed by atoms with Gasteiger partial charge in [0.1, 0.15) is 6.54 Å². The van der Waals surface area contributed by atoms with Gasteiger partial charge in [0.15, 0.2) is 0 Å². The number of hydrogen-bond donors (Lipinski definition) is 1. The SMILES string of the molecule is CS(=O)(=O)N(CC(=O)NCCc1ccc(Cl)cc1)c1cccc(C(F)(F)F)c1. The maximum atomic E-state index is 12.9. The number of carbonyl (C=O) groups is 1. The molecule has 0 atom stereocenters. The Morgan fingerprint density at radius 2 is 1.79 bits per heavy atom. The van der Waals surface area contributed by atoms with Gasteiger partial charge in [0.2, 0.25) is 15.9 Å². The smallest absolute Gasteiger partial charge is 0.354 e. The fraction of sp³-hybridized carbons (Fsp3) is 0.278. The molecule has 1 N–H and O–H groups in total. The molecule has 0 radical (unpaired) electrons. The van der Waals surface area contributed by atoms with Crippen LogP contribution in [0.25, 0.3) is 0 Å². The maximum Gasteiger partial charge on any atom is 0.416 e. The Labute approximate surface area is 166 Å². The van der Waals surface area contributed by atoms with Crippen LogP contribution in [0.1, 0.15) is 11.1 Å². The lowest BCUT2D eigenvalue weighted by Gasteiger charge is -2.22. The molecule has 2 aromatic rings. The number of benzene rings is 2. The summed E-state index contributed by atoms with van der Waals surface area (Å²) in [5.74, 6) is -0.628. The van der Waals surface area contributed by atoms with Crippen LogP contribution in [-0.4, -0.2) is 33.7 Å². The predicted octanol–water partition coefficient (Wildman–Crippen LogP) is 3.48. The van der Waals surface area contributed by atoms with E-state index in [-0.39, 0.29) is 12.2 Å². The number of halogens is 4. The van der Waals surface area contributed by atoms with E-state index in [1.165, 1.54) is 6.07 Å². The molecule has 0 aliphatic carbocycles. The first kappa shape index (κ1) is 22.0. The number of alkyl halides is 3. The Morgan fingerprint density at radius 3 is 2.36 bits per heavy atom. The third-order valence-electron chi connectivity index (χ3n) is 3.80. The molecular weight excluding hydrogens is 417 g/mol. The summed E-state index contributed by atoms with van der Waals surface area (Å²) in [5, 5.41) is 3.14. The molecule has 0 aliphatic heterocycles. The van der Waals surface area contributed by atoms with Crippen molar-refractivity contribution < 1.29 is 26.4 Å². The zero-order chi connectivity index (χ0) is 20.9. The molecule has 10 heteroatoms. The molecule has 5 nitrogen and oxygen atoms in total. The van der Waals surface area contributed by atoms with E-state index in [2.05, 4.69) is 5.32 Å². The van der Waals surface area contributed by atoms with Crippen molar-refractivity contribution in [2.24, 2.45) is 0 Å². The second-order valence-corrected chi connectivity index (χ2v) is 8.39. The monoisotopic (exact) mass is 434 g/mol. The van der Waals surface area contributed by atoms with Crippen LogP contribution >= 0.6 is 11.6 Å². The summed E-state index contributed by atoms with van der Waals surface area (Å²) in [6, 6.07) is 10.8. The van der Waals surface area contributed by atoms with Crippen LogP contribution in [0.4, 0.5) is 18.9 Å². The van der Waals surface area contributed by atoms with Gasteiger partial charge in [0, 0.05) is 11.6 Å². The molecule has 152 valence electrons. The Morgan fingerprint density at radius 1 is 1.14 bits per heavy atom. The van der Waals surface area contributed by atoms with Gasteiger partial charge in [-0.15, -0.1) is 0 Å². The first-order valence-electron chi connectivity index (χ1n) is 8.13. The molecule has 0 unspecified atom stereocenters. The first-order valence-corrected chi connectivity index (χ1v) is 10.4. The van der Waals surface area contributed by atoms with Crippen molar-refractivity contribution in [3.8, 4) is 0 Å². The number of anilines is 1. The van der Waals surface area contributed by atoms with Crippen LogP contribution in [0.2, 0.25) is 5.02 Å². The molecule has 0 aromatic heterocycles. The van der Waals surface area contributed by atoms with E-state index in [0.717, 1.165) is 24.0 Å². The van der Waals surface area contributed by atoms with Crippen LogP contribution in [0.5, 0.6) is 0 Å². The topological polar surface area (TPSA) is 66.5 Å². The maximum absolute atomic E-state index is 12.9. The highest BCUT2D eigenvalue weighted by molar-refractivity contribution is 7.92. The van der Waals surface area contributed by atoms with Crippen LogP contribution < -0.4 is 9.62 Å². The molecule has 0 bridgehead atoms. The van der Waals surface area contributed by atoms with E-state index in [4.69, 9.17) is 11.6 Å². The van der Waals surface area contributed by atoms with E-state index >= 15 is 0 Å². The number of rotatable bonds is 7. The van der Waals surface area contributed by atoms with Crippen molar-refractivity contribution in [3.05, 3.63) is 64.7 Å².